The Balaban J connectivity index is 1.54. The van der Waals surface area contributed by atoms with Crippen LogP contribution in [0.3, 0.4) is 0 Å². The topological polar surface area (TPSA) is 102 Å². The summed E-state index contributed by atoms with van der Waals surface area (Å²) >= 11 is 5.97. The summed E-state index contributed by atoms with van der Waals surface area (Å²) in [5, 5.41) is 14.1. The number of esters is 1. The summed E-state index contributed by atoms with van der Waals surface area (Å²) < 4.78 is 36.5. The lowest BCUT2D eigenvalue weighted by Crippen LogP contribution is -2.34. The highest BCUT2D eigenvalue weighted by molar-refractivity contribution is 7.91. The summed E-state index contributed by atoms with van der Waals surface area (Å²) in [5.74, 6) is 0.0197. The highest BCUT2D eigenvalue weighted by Gasteiger charge is 2.19. The number of hydrogen-bond donors (Lipinski definition) is 2. The first-order valence-corrected chi connectivity index (χ1v) is 13.0. The van der Waals surface area contributed by atoms with Crippen molar-refractivity contribution in [2.24, 2.45) is 0 Å². The summed E-state index contributed by atoms with van der Waals surface area (Å²) in [6.07, 6.45) is -0.702. The summed E-state index contributed by atoms with van der Waals surface area (Å²) in [5.41, 5.74) is 1.02. The van der Waals surface area contributed by atoms with Gasteiger partial charge in [-0.2, -0.15) is 0 Å². The van der Waals surface area contributed by atoms with Gasteiger partial charge in [-0.25, -0.2) is 13.2 Å². The predicted octanol–water partition coefficient (Wildman–Crippen LogP) is 4.44. The summed E-state index contributed by atoms with van der Waals surface area (Å²) in [7, 11) is -3.75. The van der Waals surface area contributed by atoms with E-state index in [0.717, 1.165) is 5.56 Å². The van der Waals surface area contributed by atoms with E-state index in [2.05, 4.69) is 5.32 Å². The Kier molecular flexibility index (Phi) is 9.28. The second kappa shape index (κ2) is 12.2. The minimum Gasteiger partial charge on any atom is -0.492 e. The molecule has 0 aliphatic heterocycles. The van der Waals surface area contributed by atoms with Crippen LogP contribution in [0.4, 0.5) is 0 Å². The number of aliphatic hydroxyl groups is 1. The first kappa shape index (κ1) is 26.7. The van der Waals surface area contributed by atoms with Crippen molar-refractivity contribution >= 4 is 27.4 Å². The lowest BCUT2D eigenvalue weighted by atomic mass is 10.1. The molecule has 0 radical (unpaired) electrons. The van der Waals surface area contributed by atoms with Crippen molar-refractivity contribution in [2.75, 3.05) is 19.8 Å². The van der Waals surface area contributed by atoms with Gasteiger partial charge in [0.25, 0.3) is 0 Å². The smallest absolute Gasteiger partial charge is 0.338 e. The molecule has 2 N–H and O–H groups in total. The van der Waals surface area contributed by atoms with Crippen molar-refractivity contribution in [3.8, 4) is 5.75 Å². The molecule has 9 heteroatoms. The van der Waals surface area contributed by atoms with Gasteiger partial charge >= 0.3 is 5.97 Å². The van der Waals surface area contributed by atoms with E-state index in [1.807, 2.05) is 13.0 Å². The zero-order valence-corrected chi connectivity index (χ0v) is 21.1. The predicted molar refractivity (Wildman–Crippen MR) is 134 cm³/mol. The van der Waals surface area contributed by atoms with Gasteiger partial charge in [-0.05, 0) is 80.1 Å². The third kappa shape index (κ3) is 7.29. The van der Waals surface area contributed by atoms with E-state index in [4.69, 9.17) is 21.1 Å². The molecule has 0 aliphatic carbocycles. The molecule has 0 saturated heterocycles. The lowest BCUT2D eigenvalue weighted by Gasteiger charge is -2.18. The van der Waals surface area contributed by atoms with Gasteiger partial charge < -0.3 is 19.9 Å². The zero-order chi connectivity index (χ0) is 25.4. The fourth-order valence-electron chi connectivity index (χ4n) is 3.26. The van der Waals surface area contributed by atoms with Crippen molar-refractivity contribution < 1.29 is 27.8 Å². The number of carbonyl (C=O) groups is 1. The van der Waals surface area contributed by atoms with Crippen molar-refractivity contribution in [3.63, 3.8) is 0 Å². The van der Waals surface area contributed by atoms with Crippen LogP contribution in [-0.4, -0.2) is 45.3 Å². The maximum atomic E-state index is 12.9. The zero-order valence-electron chi connectivity index (χ0n) is 19.5. The van der Waals surface area contributed by atoms with Gasteiger partial charge in [0, 0.05) is 17.6 Å². The molecule has 0 spiro atoms. The fraction of sp³-hybridized carbons (Fsp3) is 0.269. The maximum Gasteiger partial charge on any atom is 0.338 e. The van der Waals surface area contributed by atoms with Crippen LogP contribution in [0, 0.1) is 0 Å². The Bertz CT molecular complexity index is 1230. The van der Waals surface area contributed by atoms with Crippen molar-refractivity contribution in [2.45, 2.75) is 35.8 Å². The van der Waals surface area contributed by atoms with E-state index >= 15 is 0 Å². The largest absolute Gasteiger partial charge is 0.492 e. The first-order chi connectivity index (χ1) is 16.7. The molecule has 3 aromatic rings. The third-order valence-electron chi connectivity index (χ3n) is 5.20. The van der Waals surface area contributed by atoms with Crippen LogP contribution in [0.25, 0.3) is 0 Å². The van der Waals surface area contributed by atoms with Crippen molar-refractivity contribution in [1.29, 1.82) is 0 Å². The molecule has 0 aromatic heterocycles. The number of sulfone groups is 1. The number of nitrogens with one attached hydrogen (secondary N) is 1. The van der Waals surface area contributed by atoms with Gasteiger partial charge in [0.1, 0.15) is 12.4 Å². The molecule has 2 atom stereocenters. The third-order valence-corrected chi connectivity index (χ3v) is 7.22. The second-order valence-electron chi connectivity index (χ2n) is 7.91. The number of carbonyl (C=O) groups excluding carboxylic acids is 1. The molecule has 0 bridgehead atoms. The van der Waals surface area contributed by atoms with E-state index in [-0.39, 0.29) is 28.0 Å². The maximum absolute atomic E-state index is 12.9. The van der Waals surface area contributed by atoms with Crippen LogP contribution in [-0.2, 0) is 14.6 Å². The molecular formula is C26H28ClNO6S. The van der Waals surface area contributed by atoms with Crippen molar-refractivity contribution in [1.82, 2.24) is 5.32 Å². The quantitative estimate of drug-likeness (QED) is 0.362. The Morgan fingerprint density at radius 1 is 1.03 bits per heavy atom. The monoisotopic (exact) mass is 517 g/mol. The molecule has 0 heterocycles. The lowest BCUT2D eigenvalue weighted by molar-refractivity contribution is 0.0526. The van der Waals surface area contributed by atoms with E-state index in [0.29, 0.717) is 23.9 Å². The number of benzene rings is 3. The first-order valence-electron chi connectivity index (χ1n) is 11.1. The molecule has 0 amide bonds. The van der Waals surface area contributed by atoms with Gasteiger partial charge in [0.15, 0.2) is 0 Å². The van der Waals surface area contributed by atoms with Gasteiger partial charge in [0.2, 0.25) is 9.84 Å². The van der Waals surface area contributed by atoms with Gasteiger partial charge in [0.05, 0.1) is 28.1 Å². The van der Waals surface area contributed by atoms with Crippen LogP contribution in [0.5, 0.6) is 5.75 Å². The Morgan fingerprint density at radius 3 is 2.26 bits per heavy atom. The Labute approximate surface area is 210 Å². The molecule has 0 unspecified atom stereocenters. The molecule has 0 saturated carbocycles. The summed E-state index contributed by atoms with van der Waals surface area (Å²) in [4.78, 5) is 12.0. The Hall–Kier alpha value is -2.91. The second-order valence-corrected chi connectivity index (χ2v) is 10.3. The molecule has 3 rings (SSSR count). The Morgan fingerprint density at radius 2 is 1.66 bits per heavy atom. The minimum atomic E-state index is -3.75. The van der Waals surface area contributed by atoms with E-state index in [1.165, 1.54) is 36.4 Å². The van der Waals surface area contributed by atoms with E-state index < -0.39 is 21.9 Å². The summed E-state index contributed by atoms with van der Waals surface area (Å²) in [6.45, 7) is 4.52. The fourth-order valence-corrected chi connectivity index (χ4v) is 4.72. The van der Waals surface area contributed by atoms with Crippen LogP contribution in [0.2, 0.25) is 5.02 Å². The number of halogens is 1. The van der Waals surface area contributed by atoms with Crippen LogP contribution in [0.1, 0.15) is 35.9 Å². The number of ether oxygens (including phenoxy) is 2. The molecule has 186 valence electrons. The standard InChI is InChI=1S/C26H28ClNO6S/c1-3-33-26(30)19-7-11-23(12-8-19)35(31,32)24-13-9-22(10-14-24)34-17-18(2)28-16-25(29)20-5-4-6-21(27)15-20/h4-15,18,25,28-29H,3,16-17H2,1-2H3/t18-,25-/m1/s1. The van der Waals surface area contributed by atoms with E-state index in [1.54, 1.807) is 37.3 Å². The molecule has 3 aromatic carbocycles. The SMILES string of the molecule is CCOC(=O)c1ccc(S(=O)(=O)c2ccc(OC[C@@H](C)NC[C@@H](O)c3cccc(Cl)c3)cc2)cc1. The average Bonchev–Trinajstić information content (AvgIpc) is 2.86. The molecule has 0 aliphatic rings. The molecule has 7 nitrogen and oxygen atoms in total. The number of aliphatic hydroxyl groups excluding tert-OH is 1. The van der Waals surface area contributed by atoms with Crippen LogP contribution >= 0.6 is 11.6 Å². The highest BCUT2D eigenvalue weighted by Crippen LogP contribution is 2.24. The summed E-state index contributed by atoms with van der Waals surface area (Å²) in [6, 6.07) is 18.8. The van der Waals surface area contributed by atoms with Crippen LogP contribution < -0.4 is 10.1 Å². The van der Waals surface area contributed by atoms with Crippen molar-refractivity contribution in [3.05, 3.63) is 88.9 Å². The molecule has 35 heavy (non-hydrogen) atoms. The molecule has 0 fully saturated rings. The number of rotatable bonds is 11. The normalized spacial score (nSPS) is 13.1. The van der Waals surface area contributed by atoms with E-state index in [9.17, 15) is 18.3 Å². The van der Waals surface area contributed by atoms with Gasteiger partial charge in [-0.1, -0.05) is 23.7 Å². The number of hydrogen-bond acceptors (Lipinski definition) is 7. The highest BCUT2D eigenvalue weighted by atomic mass is 35.5. The van der Waals surface area contributed by atoms with Crippen LogP contribution in [0.15, 0.2) is 82.6 Å². The van der Waals surface area contributed by atoms with Gasteiger partial charge in [-0.3, -0.25) is 0 Å². The minimum absolute atomic E-state index is 0.0647. The average molecular weight is 518 g/mol. The molecular weight excluding hydrogens is 490 g/mol. The van der Waals surface area contributed by atoms with Gasteiger partial charge in [-0.15, -0.1) is 0 Å².